The van der Waals surface area contributed by atoms with Gasteiger partial charge in [-0.2, -0.15) is 0 Å². The number of nitrogens with zero attached hydrogens (tertiary/aromatic N) is 1. The summed E-state index contributed by atoms with van der Waals surface area (Å²) >= 11 is 0. The van der Waals surface area contributed by atoms with Crippen LogP contribution in [0.25, 0.3) is 0 Å². The number of rotatable bonds is 3. The van der Waals surface area contributed by atoms with Crippen molar-refractivity contribution in [2.24, 2.45) is 0 Å². The highest BCUT2D eigenvalue weighted by atomic mass is 32.2. The fourth-order valence-electron chi connectivity index (χ4n) is 2.40. The molecule has 1 saturated heterocycles. The van der Waals surface area contributed by atoms with Gasteiger partial charge in [0.25, 0.3) is 0 Å². The maximum Gasteiger partial charge on any atom is 0.319 e. The summed E-state index contributed by atoms with van der Waals surface area (Å²) in [4.78, 5) is 12.0. The number of benzene rings is 1. The molecule has 0 bridgehead atoms. The van der Waals surface area contributed by atoms with Crippen molar-refractivity contribution in [3.8, 4) is 12.3 Å². The van der Waals surface area contributed by atoms with Gasteiger partial charge in [0.2, 0.25) is 10.0 Å². The standard InChI is InChI=1S/C15H19N3O3S/c1-3-12-6-4-7-13(10-12)16-15(19)17-14-8-5-9-18(11-14)22(2,20)21/h1,4,6-7,10,14H,5,8-9,11H2,2H3,(H2,16,17,19). The lowest BCUT2D eigenvalue weighted by Gasteiger charge is -2.31. The quantitative estimate of drug-likeness (QED) is 0.822. The van der Waals surface area contributed by atoms with Crippen molar-refractivity contribution < 1.29 is 13.2 Å². The average Bonchev–Trinajstić information content (AvgIpc) is 2.46. The molecule has 1 aromatic rings. The Balaban J connectivity index is 1.93. The van der Waals surface area contributed by atoms with Gasteiger partial charge in [-0.05, 0) is 31.0 Å². The Morgan fingerprint density at radius 3 is 2.91 bits per heavy atom. The Morgan fingerprint density at radius 1 is 1.45 bits per heavy atom. The fraction of sp³-hybridized carbons (Fsp3) is 0.400. The third-order valence-corrected chi connectivity index (χ3v) is 4.75. The normalized spacial score (nSPS) is 19.2. The number of amides is 2. The highest BCUT2D eigenvalue weighted by Gasteiger charge is 2.26. The number of terminal acetylenes is 1. The number of piperidine rings is 1. The Kier molecular flexibility index (Phi) is 5.06. The SMILES string of the molecule is C#Cc1cccc(NC(=O)NC2CCCN(S(C)(=O)=O)C2)c1. The van der Waals surface area contributed by atoms with E-state index in [9.17, 15) is 13.2 Å². The van der Waals surface area contributed by atoms with Gasteiger partial charge in [0, 0.05) is 30.4 Å². The molecule has 7 heteroatoms. The van der Waals surface area contributed by atoms with E-state index < -0.39 is 10.0 Å². The van der Waals surface area contributed by atoms with Gasteiger partial charge in [-0.3, -0.25) is 0 Å². The van der Waals surface area contributed by atoms with E-state index in [2.05, 4.69) is 16.6 Å². The molecular formula is C15H19N3O3S. The van der Waals surface area contributed by atoms with Crippen LogP contribution in [0.5, 0.6) is 0 Å². The maximum atomic E-state index is 12.0. The van der Waals surface area contributed by atoms with Crippen molar-refractivity contribution in [2.45, 2.75) is 18.9 Å². The first-order valence-corrected chi connectivity index (χ1v) is 8.82. The van der Waals surface area contributed by atoms with Crippen LogP contribution in [-0.4, -0.2) is 44.1 Å². The first-order chi connectivity index (χ1) is 10.4. The lowest BCUT2D eigenvalue weighted by Crippen LogP contribution is -2.50. The molecule has 2 amide bonds. The van der Waals surface area contributed by atoms with E-state index in [4.69, 9.17) is 6.42 Å². The van der Waals surface area contributed by atoms with Gasteiger partial charge in [0.05, 0.1) is 6.26 Å². The Labute approximate surface area is 130 Å². The van der Waals surface area contributed by atoms with Crippen molar-refractivity contribution in [3.05, 3.63) is 29.8 Å². The van der Waals surface area contributed by atoms with Crippen LogP contribution in [0.3, 0.4) is 0 Å². The van der Waals surface area contributed by atoms with Crippen LogP contribution >= 0.6 is 0 Å². The number of hydrogen-bond acceptors (Lipinski definition) is 3. The number of sulfonamides is 1. The molecule has 6 nitrogen and oxygen atoms in total. The number of hydrogen-bond donors (Lipinski definition) is 2. The number of carbonyl (C=O) groups excluding carboxylic acids is 1. The second kappa shape index (κ2) is 6.81. The first kappa shape index (κ1) is 16.3. The van der Waals surface area contributed by atoms with Gasteiger partial charge >= 0.3 is 6.03 Å². The second-order valence-corrected chi connectivity index (χ2v) is 7.27. The largest absolute Gasteiger partial charge is 0.334 e. The molecule has 2 rings (SSSR count). The third-order valence-electron chi connectivity index (χ3n) is 3.48. The minimum atomic E-state index is -3.22. The van der Waals surface area contributed by atoms with Gasteiger partial charge in [0.1, 0.15) is 0 Å². The lowest BCUT2D eigenvalue weighted by molar-refractivity contribution is 0.236. The maximum absolute atomic E-state index is 12.0. The molecule has 1 atom stereocenters. The molecule has 0 spiro atoms. The zero-order valence-corrected chi connectivity index (χ0v) is 13.2. The minimum absolute atomic E-state index is 0.195. The first-order valence-electron chi connectivity index (χ1n) is 6.98. The van der Waals surface area contributed by atoms with Crippen LogP contribution in [0, 0.1) is 12.3 Å². The van der Waals surface area contributed by atoms with Crippen molar-refractivity contribution in [2.75, 3.05) is 24.7 Å². The summed E-state index contributed by atoms with van der Waals surface area (Å²) in [6.45, 7) is 0.805. The lowest BCUT2D eigenvalue weighted by atomic mass is 10.1. The summed E-state index contributed by atoms with van der Waals surface area (Å²) in [5.41, 5.74) is 1.28. The Hall–Kier alpha value is -2.04. The average molecular weight is 321 g/mol. The van der Waals surface area contributed by atoms with Crippen LogP contribution < -0.4 is 10.6 Å². The van der Waals surface area contributed by atoms with E-state index in [0.717, 1.165) is 12.8 Å². The van der Waals surface area contributed by atoms with E-state index >= 15 is 0 Å². The smallest absolute Gasteiger partial charge is 0.319 e. The summed E-state index contributed by atoms with van der Waals surface area (Å²) in [6, 6.07) is 6.41. The van der Waals surface area contributed by atoms with E-state index in [1.807, 2.05) is 0 Å². The number of anilines is 1. The molecule has 0 radical (unpaired) electrons. The molecule has 1 aliphatic rings. The van der Waals surface area contributed by atoms with Gasteiger partial charge in [0.15, 0.2) is 0 Å². The molecule has 2 N–H and O–H groups in total. The number of urea groups is 1. The fourth-order valence-corrected chi connectivity index (χ4v) is 3.31. The van der Waals surface area contributed by atoms with Gasteiger partial charge in [-0.15, -0.1) is 6.42 Å². The number of nitrogens with one attached hydrogen (secondary N) is 2. The molecule has 1 unspecified atom stereocenters. The summed E-state index contributed by atoms with van der Waals surface area (Å²) in [7, 11) is -3.22. The molecular weight excluding hydrogens is 302 g/mol. The van der Waals surface area contributed by atoms with E-state index in [1.54, 1.807) is 24.3 Å². The molecule has 1 fully saturated rings. The van der Waals surface area contributed by atoms with Gasteiger partial charge < -0.3 is 10.6 Å². The monoisotopic (exact) mass is 321 g/mol. The van der Waals surface area contributed by atoms with Crippen LogP contribution in [0.15, 0.2) is 24.3 Å². The summed E-state index contributed by atoms with van der Waals surface area (Å²) in [5, 5.41) is 5.50. The third kappa shape index (κ3) is 4.48. The zero-order chi connectivity index (χ0) is 16.2. The van der Waals surface area contributed by atoms with Crippen molar-refractivity contribution >= 4 is 21.7 Å². The van der Waals surface area contributed by atoms with Crippen LogP contribution in [0.1, 0.15) is 18.4 Å². The summed E-state index contributed by atoms with van der Waals surface area (Å²) in [6.07, 6.45) is 7.98. The van der Waals surface area contributed by atoms with Gasteiger partial charge in [-0.1, -0.05) is 12.0 Å². The summed E-state index contributed by atoms with van der Waals surface area (Å²) < 4.78 is 24.5. The highest BCUT2D eigenvalue weighted by molar-refractivity contribution is 7.88. The molecule has 1 aliphatic heterocycles. The van der Waals surface area contributed by atoms with Crippen molar-refractivity contribution in [3.63, 3.8) is 0 Å². The molecule has 118 valence electrons. The Morgan fingerprint density at radius 2 is 2.23 bits per heavy atom. The van der Waals surface area contributed by atoms with E-state index in [-0.39, 0.29) is 12.1 Å². The molecule has 1 aromatic carbocycles. The van der Waals surface area contributed by atoms with Crippen molar-refractivity contribution in [1.29, 1.82) is 0 Å². The topological polar surface area (TPSA) is 78.5 Å². The molecule has 0 saturated carbocycles. The zero-order valence-electron chi connectivity index (χ0n) is 12.4. The Bertz CT molecular complexity index is 694. The highest BCUT2D eigenvalue weighted by Crippen LogP contribution is 2.14. The molecule has 0 aliphatic carbocycles. The summed E-state index contributed by atoms with van der Waals surface area (Å²) in [5.74, 6) is 2.50. The predicted octanol–water partition coefficient (Wildman–Crippen LogP) is 1.21. The minimum Gasteiger partial charge on any atom is -0.334 e. The molecule has 1 heterocycles. The molecule has 22 heavy (non-hydrogen) atoms. The molecule has 0 aromatic heterocycles. The van der Waals surface area contributed by atoms with E-state index in [0.29, 0.717) is 24.3 Å². The van der Waals surface area contributed by atoms with Crippen LogP contribution in [0.4, 0.5) is 10.5 Å². The second-order valence-electron chi connectivity index (χ2n) is 5.28. The van der Waals surface area contributed by atoms with Gasteiger partial charge in [-0.25, -0.2) is 17.5 Å². The van der Waals surface area contributed by atoms with Crippen molar-refractivity contribution in [1.82, 2.24) is 9.62 Å². The van der Waals surface area contributed by atoms with E-state index in [1.165, 1.54) is 10.6 Å². The van der Waals surface area contributed by atoms with Crippen LogP contribution in [-0.2, 0) is 10.0 Å². The predicted molar refractivity (Wildman–Crippen MR) is 86.0 cm³/mol. The number of carbonyl (C=O) groups is 1. The van der Waals surface area contributed by atoms with Crippen LogP contribution in [0.2, 0.25) is 0 Å².